The third kappa shape index (κ3) is 5.31. The van der Waals surface area contributed by atoms with Gasteiger partial charge in [-0.05, 0) is 30.3 Å². The van der Waals surface area contributed by atoms with Crippen molar-refractivity contribution in [2.24, 2.45) is 0 Å². The molecule has 0 spiro atoms. The normalized spacial score (nSPS) is 9.95. The minimum atomic E-state index is -0.141. The average molecular weight is 300 g/mol. The zero-order chi connectivity index (χ0) is 15.1. The molecular weight excluding hydrogens is 284 g/mol. The second-order valence-electron chi connectivity index (χ2n) is 4.41. The minimum absolute atomic E-state index is 0.0798. The minimum Gasteiger partial charge on any atom is -0.326 e. The fraction of sp³-hybridized carbons (Fsp3) is 0.125. The first kappa shape index (κ1) is 15.1. The number of carbonyl (C=O) groups excluding carboxylic acids is 2. The summed E-state index contributed by atoms with van der Waals surface area (Å²) in [5.41, 5.74) is 1.33. The maximum Gasteiger partial charge on any atom is 0.234 e. The highest BCUT2D eigenvalue weighted by Gasteiger charge is 2.04. The molecule has 0 fully saturated rings. The van der Waals surface area contributed by atoms with Crippen LogP contribution in [0.1, 0.15) is 6.92 Å². The Kier molecular flexibility index (Phi) is 5.40. The van der Waals surface area contributed by atoms with Crippen LogP contribution in [0.2, 0.25) is 0 Å². The number of nitrogens with one attached hydrogen (secondary N) is 2. The molecule has 0 aliphatic carbocycles. The average Bonchev–Trinajstić information content (AvgIpc) is 2.46. The van der Waals surface area contributed by atoms with E-state index < -0.39 is 0 Å². The molecule has 0 radical (unpaired) electrons. The van der Waals surface area contributed by atoms with Gasteiger partial charge in [-0.25, -0.2) is 0 Å². The molecular formula is C16H16N2O2S. The maximum atomic E-state index is 11.9. The molecule has 21 heavy (non-hydrogen) atoms. The van der Waals surface area contributed by atoms with Crippen LogP contribution in [0.15, 0.2) is 59.5 Å². The summed E-state index contributed by atoms with van der Waals surface area (Å²) >= 11 is 1.48. The Bertz CT molecular complexity index is 629. The summed E-state index contributed by atoms with van der Waals surface area (Å²) in [6.07, 6.45) is 0. The number of hydrogen-bond donors (Lipinski definition) is 2. The molecule has 0 heterocycles. The standard InChI is InChI=1S/C16H16N2O2S/c1-12(19)17-13-6-5-7-14(10-13)18-16(20)11-21-15-8-3-2-4-9-15/h2-10H,11H2,1H3,(H,17,19)(H,18,20). The van der Waals surface area contributed by atoms with Crippen LogP contribution in [0.25, 0.3) is 0 Å². The molecule has 108 valence electrons. The summed E-state index contributed by atoms with van der Waals surface area (Å²) in [7, 11) is 0. The zero-order valence-corrected chi connectivity index (χ0v) is 12.4. The van der Waals surface area contributed by atoms with Gasteiger partial charge in [0, 0.05) is 23.2 Å². The predicted molar refractivity (Wildman–Crippen MR) is 86.5 cm³/mol. The molecule has 0 aliphatic rings. The lowest BCUT2D eigenvalue weighted by Gasteiger charge is -2.07. The van der Waals surface area contributed by atoms with Crippen molar-refractivity contribution < 1.29 is 9.59 Å². The van der Waals surface area contributed by atoms with Crippen molar-refractivity contribution in [1.82, 2.24) is 0 Å². The first-order valence-electron chi connectivity index (χ1n) is 6.49. The van der Waals surface area contributed by atoms with Gasteiger partial charge in [-0.1, -0.05) is 24.3 Å². The van der Waals surface area contributed by atoms with Crippen LogP contribution >= 0.6 is 11.8 Å². The van der Waals surface area contributed by atoms with E-state index in [0.29, 0.717) is 17.1 Å². The second-order valence-corrected chi connectivity index (χ2v) is 5.46. The summed E-state index contributed by atoms with van der Waals surface area (Å²) in [6, 6.07) is 16.8. The molecule has 2 amide bonds. The number of anilines is 2. The van der Waals surface area contributed by atoms with E-state index in [1.807, 2.05) is 30.3 Å². The largest absolute Gasteiger partial charge is 0.326 e. The second kappa shape index (κ2) is 7.50. The van der Waals surface area contributed by atoms with E-state index in [4.69, 9.17) is 0 Å². The molecule has 0 aliphatic heterocycles. The van der Waals surface area contributed by atoms with Gasteiger partial charge in [-0.15, -0.1) is 11.8 Å². The first-order chi connectivity index (χ1) is 10.1. The third-order valence-corrected chi connectivity index (χ3v) is 3.59. The van der Waals surface area contributed by atoms with E-state index >= 15 is 0 Å². The molecule has 2 aromatic carbocycles. The first-order valence-corrected chi connectivity index (χ1v) is 7.47. The monoisotopic (exact) mass is 300 g/mol. The number of hydrogen-bond acceptors (Lipinski definition) is 3. The molecule has 4 nitrogen and oxygen atoms in total. The van der Waals surface area contributed by atoms with Gasteiger partial charge >= 0.3 is 0 Å². The highest BCUT2D eigenvalue weighted by Crippen LogP contribution is 2.18. The summed E-state index contributed by atoms with van der Waals surface area (Å²) < 4.78 is 0. The zero-order valence-electron chi connectivity index (χ0n) is 11.6. The molecule has 0 saturated carbocycles. The number of carbonyl (C=O) groups is 2. The Morgan fingerprint density at radius 1 is 0.952 bits per heavy atom. The Balaban J connectivity index is 1.89. The van der Waals surface area contributed by atoms with Crippen LogP contribution in [-0.2, 0) is 9.59 Å². The fourth-order valence-electron chi connectivity index (χ4n) is 1.74. The van der Waals surface area contributed by atoms with Crippen molar-refractivity contribution in [3.05, 3.63) is 54.6 Å². The van der Waals surface area contributed by atoms with E-state index in [-0.39, 0.29) is 11.8 Å². The number of amides is 2. The SMILES string of the molecule is CC(=O)Nc1cccc(NC(=O)CSc2ccccc2)c1. The van der Waals surface area contributed by atoms with Gasteiger partial charge in [-0.3, -0.25) is 9.59 Å². The number of thioether (sulfide) groups is 1. The molecule has 0 atom stereocenters. The van der Waals surface area contributed by atoms with Gasteiger partial charge < -0.3 is 10.6 Å². The van der Waals surface area contributed by atoms with E-state index in [1.165, 1.54) is 18.7 Å². The quantitative estimate of drug-likeness (QED) is 0.832. The van der Waals surface area contributed by atoms with E-state index in [2.05, 4.69) is 10.6 Å². The van der Waals surface area contributed by atoms with Crippen LogP contribution in [0, 0.1) is 0 Å². The van der Waals surface area contributed by atoms with Crippen molar-refractivity contribution in [2.75, 3.05) is 16.4 Å². The van der Waals surface area contributed by atoms with Crippen LogP contribution in [-0.4, -0.2) is 17.6 Å². The van der Waals surface area contributed by atoms with Crippen LogP contribution in [0.3, 0.4) is 0 Å². The van der Waals surface area contributed by atoms with Crippen LogP contribution in [0.5, 0.6) is 0 Å². The Morgan fingerprint density at radius 3 is 2.29 bits per heavy atom. The maximum absolute atomic E-state index is 11.9. The Morgan fingerprint density at radius 2 is 1.62 bits per heavy atom. The summed E-state index contributed by atoms with van der Waals surface area (Å²) in [5, 5.41) is 5.50. The molecule has 2 N–H and O–H groups in total. The smallest absolute Gasteiger partial charge is 0.234 e. The molecule has 0 aromatic heterocycles. The van der Waals surface area contributed by atoms with E-state index in [0.717, 1.165) is 4.90 Å². The van der Waals surface area contributed by atoms with E-state index in [9.17, 15) is 9.59 Å². The van der Waals surface area contributed by atoms with Crippen LogP contribution in [0.4, 0.5) is 11.4 Å². The Labute approximate surface area is 127 Å². The lowest BCUT2D eigenvalue weighted by Crippen LogP contribution is -2.14. The molecule has 0 bridgehead atoms. The van der Waals surface area contributed by atoms with Gasteiger partial charge in [-0.2, -0.15) is 0 Å². The highest BCUT2D eigenvalue weighted by molar-refractivity contribution is 8.00. The van der Waals surface area contributed by atoms with E-state index in [1.54, 1.807) is 24.3 Å². The van der Waals surface area contributed by atoms with Gasteiger partial charge in [0.1, 0.15) is 0 Å². The topological polar surface area (TPSA) is 58.2 Å². The van der Waals surface area contributed by atoms with Crippen molar-refractivity contribution >= 4 is 35.0 Å². The fourth-order valence-corrected chi connectivity index (χ4v) is 2.46. The summed E-state index contributed by atoms with van der Waals surface area (Å²) in [5.74, 6) is 0.121. The number of rotatable bonds is 5. The van der Waals surface area contributed by atoms with Crippen molar-refractivity contribution in [3.63, 3.8) is 0 Å². The molecule has 0 unspecified atom stereocenters. The summed E-state index contributed by atoms with van der Waals surface area (Å²) in [4.78, 5) is 24.0. The van der Waals surface area contributed by atoms with Gasteiger partial charge in [0.15, 0.2) is 0 Å². The molecule has 2 aromatic rings. The molecule has 2 rings (SSSR count). The van der Waals surface area contributed by atoms with Crippen molar-refractivity contribution in [1.29, 1.82) is 0 Å². The Hall–Kier alpha value is -2.27. The van der Waals surface area contributed by atoms with Gasteiger partial charge in [0.05, 0.1) is 5.75 Å². The van der Waals surface area contributed by atoms with Gasteiger partial charge in [0.25, 0.3) is 0 Å². The molecule has 5 heteroatoms. The van der Waals surface area contributed by atoms with Crippen molar-refractivity contribution in [2.45, 2.75) is 11.8 Å². The van der Waals surface area contributed by atoms with Gasteiger partial charge in [0.2, 0.25) is 11.8 Å². The highest BCUT2D eigenvalue weighted by atomic mass is 32.2. The van der Waals surface area contributed by atoms with Crippen LogP contribution < -0.4 is 10.6 Å². The lowest BCUT2D eigenvalue weighted by atomic mass is 10.2. The molecule has 0 saturated heterocycles. The number of benzene rings is 2. The predicted octanol–water partition coefficient (Wildman–Crippen LogP) is 3.38. The third-order valence-electron chi connectivity index (χ3n) is 2.58. The lowest BCUT2D eigenvalue weighted by molar-refractivity contribution is -0.114. The van der Waals surface area contributed by atoms with Crippen molar-refractivity contribution in [3.8, 4) is 0 Å². The summed E-state index contributed by atoms with van der Waals surface area (Å²) in [6.45, 7) is 1.45.